The number of hydrogen-bond acceptors (Lipinski definition) is 4. The summed E-state index contributed by atoms with van der Waals surface area (Å²) in [5.74, 6) is 0. The summed E-state index contributed by atoms with van der Waals surface area (Å²) in [6, 6.07) is 10.3. The Morgan fingerprint density at radius 2 is 1.90 bits per heavy atom. The van der Waals surface area contributed by atoms with E-state index in [0.29, 0.717) is 13.2 Å². The maximum Gasteiger partial charge on any atom is 0.123 e. The summed E-state index contributed by atoms with van der Waals surface area (Å²) in [6.45, 7) is 9.69. The van der Waals surface area contributed by atoms with E-state index in [1.54, 1.807) is 11.3 Å². The number of ether oxygens (including phenoxy) is 1. The van der Waals surface area contributed by atoms with Gasteiger partial charge in [-0.25, -0.2) is 4.98 Å². The highest BCUT2D eigenvalue weighted by atomic mass is 32.1. The van der Waals surface area contributed by atoms with Gasteiger partial charge in [-0.05, 0) is 17.9 Å². The van der Waals surface area contributed by atoms with Gasteiger partial charge in [-0.15, -0.1) is 11.3 Å². The zero-order chi connectivity index (χ0) is 15.5. The van der Waals surface area contributed by atoms with Crippen LogP contribution in [0.2, 0.25) is 0 Å². The third-order valence-electron chi connectivity index (χ3n) is 3.29. The SMILES string of the molecule is CCOC(c1nc(CN)c(-c2ccccc2)s1)C(C)(C)C. The van der Waals surface area contributed by atoms with Crippen LogP contribution in [0.3, 0.4) is 0 Å². The first-order valence-electron chi connectivity index (χ1n) is 7.34. The number of thiazole rings is 1. The molecule has 0 aliphatic carbocycles. The molecule has 3 nitrogen and oxygen atoms in total. The van der Waals surface area contributed by atoms with Crippen LogP contribution >= 0.6 is 11.3 Å². The molecule has 0 fully saturated rings. The fourth-order valence-electron chi connectivity index (χ4n) is 2.29. The van der Waals surface area contributed by atoms with Crippen LogP contribution in [0.1, 0.15) is 44.5 Å². The minimum atomic E-state index is -0.00439. The fraction of sp³-hybridized carbons (Fsp3) is 0.471. The molecule has 1 unspecified atom stereocenters. The molecule has 2 N–H and O–H groups in total. The number of rotatable bonds is 5. The van der Waals surface area contributed by atoms with Crippen LogP contribution in [0, 0.1) is 5.41 Å². The summed E-state index contributed by atoms with van der Waals surface area (Å²) < 4.78 is 5.95. The normalized spacial score (nSPS) is 13.4. The van der Waals surface area contributed by atoms with Crippen LogP contribution in [0.15, 0.2) is 30.3 Å². The van der Waals surface area contributed by atoms with Crippen molar-refractivity contribution in [3.63, 3.8) is 0 Å². The first-order valence-corrected chi connectivity index (χ1v) is 8.15. The van der Waals surface area contributed by atoms with Crippen molar-refractivity contribution < 1.29 is 4.74 Å². The summed E-state index contributed by atoms with van der Waals surface area (Å²) >= 11 is 1.70. The van der Waals surface area contributed by atoms with E-state index in [0.717, 1.165) is 15.6 Å². The second-order valence-corrected chi connectivity index (χ2v) is 7.13. The maximum absolute atomic E-state index is 5.95. The van der Waals surface area contributed by atoms with E-state index in [1.807, 2.05) is 25.1 Å². The Bertz CT molecular complexity index is 572. The average Bonchev–Trinajstić information content (AvgIpc) is 2.88. The number of hydrogen-bond donors (Lipinski definition) is 1. The van der Waals surface area contributed by atoms with E-state index < -0.39 is 0 Å². The molecule has 1 heterocycles. The molecular weight excluding hydrogens is 280 g/mol. The molecule has 0 amide bonds. The van der Waals surface area contributed by atoms with Crippen molar-refractivity contribution in [3.05, 3.63) is 41.0 Å². The molecule has 0 saturated heterocycles. The summed E-state index contributed by atoms with van der Waals surface area (Å²) in [6.07, 6.45) is -0.00439. The number of aromatic nitrogens is 1. The van der Waals surface area contributed by atoms with Crippen molar-refractivity contribution in [3.8, 4) is 10.4 Å². The van der Waals surface area contributed by atoms with Gasteiger partial charge in [0.15, 0.2) is 0 Å². The zero-order valence-corrected chi connectivity index (χ0v) is 14.0. The van der Waals surface area contributed by atoms with Crippen molar-refractivity contribution in [1.82, 2.24) is 4.98 Å². The lowest BCUT2D eigenvalue weighted by molar-refractivity contribution is -0.0134. The Morgan fingerprint density at radius 1 is 1.24 bits per heavy atom. The highest BCUT2D eigenvalue weighted by Crippen LogP contribution is 2.41. The Hall–Kier alpha value is -1.23. The van der Waals surface area contributed by atoms with Crippen LogP contribution in [0.25, 0.3) is 10.4 Å². The van der Waals surface area contributed by atoms with Crippen LogP contribution < -0.4 is 5.73 Å². The van der Waals surface area contributed by atoms with E-state index in [2.05, 4.69) is 32.9 Å². The van der Waals surface area contributed by atoms with Gasteiger partial charge in [-0.3, -0.25) is 0 Å². The molecule has 1 aromatic heterocycles. The first kappa shape index (κ1) is 16.1. The fourth-order valence-corrected chi connectivity index (χ4v) is 3.69. The van der Waals surface area contributed by atoms with Gasteiger partial charge in [0.25, 0.3) is 0 Å². The Balaban J connectivity index is 2.45. The standard InChI is InChI=1S/C17H24N2OS/c1-5-20-15(17(2,3)4)16-19-13(11-18)14(21-16)12-9-7-6-8-10-12/h6-10,15H,5,11,18H2,1-4H3. The quantitative estimate of drug-likeness (QED) is 0.891. The molecule has 0 spiro atoms. The molecule has 2 aromatic rings. The lowest BCUT2D eigenvalue weighted by Crippen LogP contribution is -2.21. The van der Waals surface area contributed by atoms with E-state index in [4.69, 9.17) is 15.5 Å². The molecular formula is C17H24N2OS. The number of nitrogens with zero attached hydrogens (tertiary/aromatic N) is 1. The summed E-state index contributed by atoms with van der Waals surface area (Å²) in [7, 11) is 0. The summed E-state index contributed by atoms with van der Waals surface area (Å²) in [4.78, 5) is 5.91. The average molecular weight is 304 g/mol. The molecule has 0 bridgehead atoms. The van der Waals surface area contributed by atoms with E-state index in [1.165, 1.54) is 5.56 Å². The maximum atomic E-state index is 5.95. The third kappa shape index (κ3) is 3.70. The second-order valence-electron chi connectivity index (χ2n) is 6.10. The van der Waals surface area contributed by atoms with Gasteiger partial charge < -0.3 is 10.5 Å². The van der Waals surface area contributed by atoms with E-state index in [9.17, 15) is 0 Å². The molecule has 0 saturated carbocycles. The summed E-state index contributed by atoms with van der Waals surface area (Å²) in [5, 5.41) is 1.02. The molecule has 0 aliphatic heterocycles. The van der Waals surface area contributed by atoms with Crippen LogP contribution in [0.4, 0.5) is 0 Å². The minimum absolute atomic E-state index is 0.00439. The van der Waals surface area contributed by atoms with Crippen LogP contribution in [-0.4, -0.2) is 11.6 Å². The van der Waals surface area contributed by atoms with Crippen molar-refractivity contribution >= 4 is 11.3 Å². The lowest BCUT2D eigenvalue weighted by Gasteiger charge is -2.28. The molecule has 2 rings (SSSR count). The van der Waals surface area contributed by atoms with E-state index in [-0.39, 0.29) is 11.5 Å². The van der Waals surface area contributed by atoms with Gasteiger partial charge in [0.05, 0.1) is 10.6 Å². The van der Waals surface area contributed by atoms with Gasteiger partial charge in [-0.2, -0.15) is 0 Å². The van der Waals surface area contributed by atoms with Crippen molar-refractivity contribution in [2.24, 2.45) is 11.1 Å². The first-order chi connectivity index (χ1) is 9.97. The van der Waals surface area contributed by atoms with Gasteiger partial charge >= 0.3 is 0 Å². The van der Waals surface area contributed by atoms with Crippen LogP contribution in [-0.2, 0) is 11.3 Å². The monoisotopic (exact) mass is 304 g/mol. The topological polar surface area (TPSA) is 48.1 Å². The Morgan fingerprint density at radius 3 is 2.43 bits per heavy atom. The predicted octanol–water partition coefficient (Wildman–Crippen LogP) is 4.39. The molecule has 4 heteroatoms. The van der Waals surface area contributed by atoms with Gasteiger partial charge in [0.1, 0.15) is 11.1 Å². The largest absolute Gasteiger partial charge is 0.371 e. The van der Waals surface area contributed by atoms with Crippen LogP contribution in [0.5, 0.6) is 0 Å². The molecule has 0 radical (unpaired) electrons. The Kier molecular flexibility index (Phi) is 5.14. The van der Waals surface area contributed by atoms with Crippen molar-refractivity contribution in [1.29, 1.82) is 0 Å². The molecule has 1 aromatic carbocycles. The smallest absolute Gasteiger partial charge is 0.123 e. The third-order valence-corrected chi connectivity index (χ3v) is 4.48. The highest BCUT2D eigenvalue weighted by Gasteiger charge is 2.30. The van der Waals surface area contributed by atoms with Crippen molar-refractivity contribution in [2.75, 3.05) is 6.61 Å². The Labute approximate surface area is 131 Å². The predicted molar refractivity (Wildman–Crippen MR) is 89.3 cm³/mol. The lowest BCUT2D eigenvalue weighted by atomic mass is 9.89. The molecule has 21 heavy (non-hydrogen) atoms. The van der Waals surface area contributed by atoms with Gasteiger partial charge in [0, 0.05) is 13.2 Å². The molecule has 114 valence electrons. The zero-order valence-electron chi connectivity index (χ0n) is 13.2. The minimum Gasteiger partial charge on any atom is -0.371 e. The van der Waals surface area contributed by atoms with Gasteiger partial charge in [0.2, 0.25) is 0 Å². The number of nitrogens with two attached hydrogens (primary N) is 1. The van der Waals surface area contributed by atoms with Crippen molar-refractivity contribution in [2.45, 2.75) is 40.3 Å². The second kappa shape index (κ2) is 6.69. The highest BCUT2D eigenvalue weighted by molar-refractivity contribution is 7.15. The number of benzene rings is 1. The molecule has 0 aliphatic rings. The van der Waals surface area contributed by atoms with E-state index >= 15 is 0 Å². The molecule has 1 atom stereocenters. The summed E-state index contributed by atoms with van der Waals surface area (Å²) in [5.41, 5.74) is 8.02. The van der Waals surface area contributed by atoms with Gasteiger partial charge in [-0.1, -0.05) is 51.1 Å².